The molecule has 0 N–H and O–H groups in total. The molecular weight excluding hydrogens is 428 g/mol. The van der Waals surface area contributed by atoms with Crippen molar-refractivity contribution < 1.29 is 9.53 Å². The molecule has 0 aromatic heterocycles. The van der Waals surface area contributed by atoms with E-state index >= 15 is 0 Å². The van der Waals surface area contributed by atoms with Crippen molar-refractivity contribution in [2.45, 2.75) is 149 Å². The Labute approximate surface area is 216 Å². The van der Waals surface area contributed by atoms with Crippen molar-refractivity contribution in [3.8, 4) is 0 Å². The predicted octanol–water partition coefficient (Wildman–Crippen LogP) is 9.42. The van der Waals surface area contributed by atoms with E-state index in [1.165, 1.54) is 96.3 Å². The van der Waals surface area contributed by atoms with Gasteiger partial charge in [-0.15, -0.1) is 0 Å². The summed E-state index contributed by atoms with van der Waals surface area (Å²) < 4.78 is 6.09. The van der Waals surface area contributed by atoms with E-state index in [2.05, 4.69) is 26.8 Å². The summed E-state index contributed by atoms with van der Waals surface area (Å²) in [6.45, 7) is 7.61. The highest BCUT2D eigenvalue weighted by Gasteiger charge is 2.58. The molecule has 5 aliphatic carbocycles. The van der Waals surface area contributed by atoms with Crippen LogP contribution in [0, 0.1) is 40.4 Å². The Balaban J connectivity index is 1.19. The van der Waals surface area contributed by atoms with Crippen LogP contribution < -0.4 is 0 Å². The van der Waals surface area contributed by atoms with E-state index in [0.29, 0.717) is 10.8 Å². The van der Waals surface area contributed by atoms with E-state index in [9.17, 15) is 4.79 Å². The van der Waals surface area contributed by atoms with Crippen molar-refractivity contribution in [2.24, 2.45) is 40.4 Å². The molecule has 7 atom stereocenters. The molecule has 0 aromatic carbocycles. The summed E-state index contributed by atoms with van der Waals surface area (Å²) >= 11 is 0. The largest absolute Gasteiger partial charge is 0.462 e. The molecule has 0 saturated heterocycles. The zero-order valence-corrected chi connectivity index (χ0v) is 23.3. The number of unbranched alkanes of at least 4 members (excludes halogenated alkanes) is 5. The summed E-state index contributed by atoms with van der Waals surface area (Å²) in [5.74, 6) is 3.98. The number of carbonyl (C=O) groups is 1. The Morgan fingerprint density at radius 3 is 2.49 bits per heavy atom. The molecule has 0 aliphatic heterocycles. The molecule has 2 heteroatoms. The second-order valence-corrected chi connectivity index (χ2v) is 13.9. The van der Waals surface area contributed by atoms with Crippen LogP contribution in [0.25, 0.3) is 0 Å². The molecular formula is C33H54O2. The molecule has 2 nitrogen and oxygen atoms in total. The van der Waals surface area contributed by atoms with Crippen LogP contribution in [-0.4, -0.2) is 12.1 Å². The van der Waals surface area contributed by atoms with Gasteiger partial charge >= 0.3 is 5.97 Å². The average Bonchev–Trinajstić information content (AvgIpc) is 3.50. The number of esters is 1. The summed E-state index contributed by atoms with van der Waals surface area (Å²) in [5, 5.41) is 0. The zero-order valence-electron chi connectivity index (χ0n) is 23.3. The highest BCUT2D eigenvalue weighted by atomic mass is 16.5. The quantitative estimate of drug-likeness (QED) is 0.186. The van der Waals surface area contributed by atoms with Crippen molar-refractivity contribution >= 4 is 5.97 Å². The smallest absolute Gasteiger partial charge is 0.309 e. The van der Waals surface area contributed by atoms with Crippen molar-refractivity contribution in [2.75, 3.05) is 0 Å². The molecule has 198 valence electrons. The highest BCUT2D eigenvalue weighted by Crippen LogP contribution is 2.66. The zero-order chi connectivity index (χ0) is 24.5. The molecule has 7 unspecified atom stereocenters. The SMILES string of the molecule is CCCCCCCCC1CCC2C3CC=C4CC(OC(=O)C5CCCC5)CCC4(C)C3CCC12C. The van der Waals surface area contributed by atoms with Crippen LogP contribution in [0.4, 0.5) is 0 Å². The normalized spacial score (nSPS) is 41.1. The van der Waals surface area contributed by atoms with Crippen LogP contribution in [0.5, 0.6) is 0 Å². The first-order valence-corrected chi connectivity index (χ1v) is 15.9. The summed E-state index contributed by atoms with van der Waals surface area (Å²) in [4.78, 5) is 12.7. The molecule has 5 rings (SSSR count). The number of hydrogen-bond donors (Lipinski definition) is 0. The van der Waals surface area contributed by atoms with Gasteiger partial charge in [0.25, 0.3) is 0 Å². The monoisotopic (exact) mass is 482 g/mol. The third kappa shape index (κ3) is 5.03. The summed E-state index contributed by atoms with van der Waals surface area (Å²) in [6, 6.07) is 0. The molecule has 0 radical (unpaired) electrons. The van der Waals surface area contributed by atoms with Gasteiger partial charge in [0, 0.05) is 6.42 Å². The van der Waals surface area contributed by atoms with Gasteiger partial charge in [-0.3, -0.25) is 4.79 Å². The Morgan fingerprint density at radius 2 is 1.69 bits per heavy atom. The van der Waals surface area contributed by atoms with Gasteiger partial charge in [0.2, 0.25) is 0 Å². The molecule has 0 heterocycles. The average molecular weight is 483 g/mol. The number of carbonyl (C=O) groups excluding carboxylic acids is 1. The van der Waals surface area contributed by atoms with Crippen LogP contribution in [0.2, 0.25) is 0 Å². The van der Waals surface area contributed by atoms with Gasteiger partial charge in [-0.25, -0.2) is 0 Å². The molecule has 5 aliphatic rings. The topological polar surface area (TPSA) is 26.3 Å². The standard InChI is InChI=1S/C33H54O2/c1-4-5-6-7-8-9-14-25-16-18-29-28-17-15-26-23-27(35-31(34)24-12-10-11-13-24)19-21-33(26,3)30(28)20-22-32(25,29)2/h15,24-25,27-30H,4-14,16-23H2,1-3H3. The fraction of sp³-hybridized carbons (Fsp3) is 0.909. The molecule has 4 fully saturated rings. The highest BCUT2D eigenvalue weighted by molar-refractivity contribution is 5.73. The van der Waals surface area contributed by atoms with Gasteiger partial charge in [-0.05, 0) is 98.7 Å². The number of rotatable bonds is 9. The summed E-state index contributed by atoms with van der Waals surface area (Å²) in [7, 11) is 0. The summed E-state index contributed by atoms with van der Waals surface area (Å²) in [6.07, 6.45) is 27.9. The summed E-state index contributed by atoms with van der Waals surface area (Å²) in [5.41, 5.74) is 2.61. The maximum atomic E-state index is 12.7. The number of allylic oxidation sites excluding steroid dienone is 1. The number of hydrogen-bond acceptors (Lipinski definition) is 2. The van der Waals surface area contributed by atoms with Gasteiger partial charge < -0.3 is 4.74 Å². The molecule has 35 heavy (non-hydrogen) atoms. The second-order valence-electron chi connectivity index (χ2n) is 13.9. The molecule has 0 amide bonds. The van der Waals surface area contributed by atoms with Crippen LogP contribution >= 0.6 is 0 Å². The van der Waals surface area contributed by atoms with Crippen LogP contribution in [-0.2, 0) is 9.53 Å². The van der Waals surface area contributed by atoms with Crippen molar-refractivity contribution in [3.63, 3.8) is 0 Å². The Hall–Kier alpha value is -0.790. The van der Waals surface area contributed by atoms with E-state index in [1.807, 2.05) is 0 Å². The van der Waals surface area contributed by atoms with E-state index in [4.69, 9.17) is 4.74 Å². The van der Waals surface area contributed by atoms with Crippen molar-refractivity contribution in [1.82, 2.24) is 0 Å². The van der Waals surface area contributed by atoms with Crippen LogP contribution in [0.15, 0.2) is 11.6 Å². The van der Waals surface area contributed by atoms with Gasteiger partial charge in [0.05, 0.1) is 5.92 Å². The molecule has 0 aromatic rings. The van der Waals surface area contributed by atoms with E-state index in [1.54, 1.807) is 5.57 Å². The maximum Gasteiger partial charge on any atom is 0.309 e. The minimum atomic E-state index is 0.112. The lowest BCUT2D eigenvalue weighted by atomic mass is 9.47. The van der Waals surface area contributed by atoms with Crippen molar-refractivity contribution in [1.29, 1.82) is 0 Å². The minimum absolute atomic E-state index is 0.112. The van der Waals surface area contributed by atoms with Gasteiger partial charge in [-0.2, -0.15) is 0 Å². The lowest BCUT2D eigenvalue weighted by Gasteiger charge is -2.58. The number of fused-ring (bicyclic) bond motifs is 5. The lowest BCUT2D eigenvalue weighted by molar-refractivity contribution is -0.156. The van der Waals surface area contributed by atoms with Gasteiger partial charge in [-0.1, -0.05) is 83.8 Å². The molecule has 0 bridgehead atoms. The van der Waals surface area contributed by atoms with E-state index < -0.39 is 0 Å². The molecule has 0 spiro atoms. The fourth-order valence-electron chi connectivity index (χ4n) is 9.90. The van der Waals surface area contributed by atoms with E-state index in [0.717, 1.165) is 49.4 Å². The fourth-order valence-corrected chi connectivity index (χ4v) is 9.90. The number of ether oxygens (including phenoxy) is 1. The third-order valence-corrected chi connectivity index (χ3v) is 12.1. The maximum absolute atomic E-state index is 12.7. The van der Waals surface area contributed by atoms with Crippen LogP contribution in [0.1, 0.15) is 143 Å². The van der Waals surface area contributed by atoms with Gasteiger partial charge in [0.1, 0.15) is 6.10 Å². The molecule has 4 saturated carbocycles. The first-order valence-electron chi connectivity index (χ1n) is 15.9. The van der Waals surface area contributed by atoms with Crippen molar-refractivity contribution in [3.05, 3.63) is 11.6 Å². The Bertz CT molecular complexity index is 763. The van der Waals surface area contributed by atoms with E-state index in [-0.39, 0.29) is 18.0 Å². The third-order valence-electron chi connectivity index (χ3n) is 12.1. The minimum Gasteiger partial charge on any atom is -0.462 e. The Kier molecular flexibility index (Phi) is 8.05. The second kappa shape index (κ2) is 10.9. The first kappa shape index (κ1) is 25.8. The van der Waals surface area contributed by atoms with Gasteiger partial charge in [0.15, 0.2) is 0 Å². The predicted molar refractivity (Wildman–Crippen MR) is 145 cm³/mol. The van der Waals surface area contributed by atoms with Crippen LogP contribution in [0.3, 0.4) is 0 Å². The Morgan fingerprint density at radius 1 is 0.914 bits per heavy atom. The first-order chi connectivity index (χ1) is 17.0. The lowest BCUT2D eigenvalue weighted by Crippen LogP contribution is -2.50.